The smallest absolute Gasteiger partial charge is 0.220 e. The summed E-state index contributed by atoms with van der Waals surface area (Å²) < 4.78 is 7.63. The van der Waals surface area contributed by atoms with Crippen LogP contribution in [0.1, 0.15) is 51.4 Å². The minimum atomic E-state index is -0.182. The summed E-state index contributed by atoms with van der Waals surface area (Å²) in [5.41, 5.74) is 5.45. The van der Waals surface area contributed by atoms with Crippen LogP contribution in [0.3, 0.4) is 0 Å². The number of rotatable bonds is 6. The number of amides is 1. The van der Waals surface area contributed by atoms with Crippen molar-refractivity contribution in [3.63, 3.8) is 0 Å². The molecule has 0 spiro atoms. The second-order valence-corrected chi connectivity index (χ2v) is 7.26. The molecule has 1 amide bonds. The first kappa shape index (κ1) is 17.3. The van der Waals surface area contributed by atoms with E-state index in [-0.39, 0.29) is 24.0 Å². The van der Waals surface area contributed by atoms with E-state index in [9.17, 15) is 4.79 Å². The van der Waals surface area contributed by atoms with Gasteiger partial charge in [0.25, 0.3) is 0 Å². The molecule has 3 heterocycles. The van der Waals surface area contributed by atoms with E-state index in [1.54, 1.807) is 0 Å². The van der Waals surface area contributed by atoms with E-state index in [0.717, 1.165) is 51.2 Å². The Morgan fingerprint density at radius 3 is 2.67 bits per heavy atom. The molecule has 0 bridgehead atoms. The summed E-state index contributed by atoms with van der Waals surface area (Å²) in [5.74, 6) is 1.10. The molecule has 0 radical (unpaired) electrons. The number of hydrogen-bond donors (Lipinski definition) is 1. The SMILES string of the molecule is CC(C)C(c1nnnn1CC1CCCO1)N1CCC(C(N)=O)CC1. The van der Waals surface area contributed by atoms with Gasteiger partial charge in [-0.3, -0.25) is 9.69 Å². The van der Waals surface area contributed by atoms with E-state index in [1.165, 1.54) is 0 Å². The molecule has 2 aliphatic rings. The van der Waals surface area contributed by atoms with Crippen molar-refractivity contribution >= 4 is 5.91 Å². The maximum atomic E-state index is 11.4. The van der Waals surface area contributed by atoms with Crippen LogP contribution in [0.5, 0.6) is 0 Å². The van der Waals surface area contributed by atoms with Crippen LogP contribution < -0.4 is 5.73 Å². The lowest BCUT2D eigenvalue weighted by atomic mass is 9.92. The predicted octanol–water partition coefficient (Wildman–Crippen LogP) is 0.747. The molecule has 0 aromatic carbocycles. The van der Waals surface area contributed by atoms with Crippen LogP contribution in [0.4, 0.5) is 0 Å². The van der Waals surface area contributed by atoms with Gasteiger partial charge < -0.3 is 10.5 Å². The van der Waals surface area contributed by atoms with E-state index in [1.807, 2.05) is 4.68 Å². The summed E-state index contributed by atoms with van der Waals surface area (Å²) >= 11 is 0. The standard InChI is InChI=1S/C16H28N6O2/c1-11(2)14(21-7-5-12(6-8-21)15(17)23)16-18-19-20-22(16)10-13-4-3-9-24-13/h11-14H,3-10H2,1-2H3,(H2,17,23). The van der Waals surface area contributed by atoms with E-state index < -0.39 is 0 Å². The van der Waals surface area contributed by atoms with Gasteiger partial charge in [0.1, 0.15) is 0 Å². The normalized spacial score (nSPS) is 24.5. The van der Waals surface area contributed by atoms with Crippen LogP contribution in [-0.2, 0) is 16.1 Å². The zero-order chi connectivity index (χ0) is 17.1. The number of primary amides is 1. The number of carbonyl (C=O) groups excluding carboxylic acids is 1. The van der Waals surface area contributed by atoms with Gasteiger partial charge in [-0.15, -0.1) is 5.10 Å². The van der Waals surface area contributed by atoms with Crippen molar-refractivity contribution in [3.8, 4) is 0 Å². The largest absolute Gasteiger partial charge is 0.376 e. The average molecular weight is 336 g/mol. The lowest BCUT2D eigenvalue weighted by molar-refractivity contribution is -0.123. The van der Waals surface area contributed by atoms with Gasteiger partial charge in [0.05, 0.1) is 18.7 Å². The van der Waals surface area contributed by atoms with Crippen molar-refractivity contribution in [1.29, 1.82) is 0 Å². The molecule has 8 nitrogen and oxygen atoms in total. The van der Waals surface area contributed by atoms with Crippen LogP contribution >= 0.6 is 0 Å². The van der Waals surface area contributed by atoms with Crippen molar-refractivity contribution < 1.29 is 9.53 Å². The molecular formula is C16H28N6O2. The molecule has 134 valence electrons. The lowest BCUT2D eigenvalue weighted by Crippen LogP contribution is -2.43. The summed E-state index contributed by atoms with van der Waals surface area (Å²) in [4.78, 5) is 13.8. The van der Waals surface area contributed by atoms with Gasteiger partial charge in [0.2, 0.25) is 5.91 Å². The Morgan fingerprint density at radius 2 is 2.08 bits per heavy atom. The predicted molar refractivity (Wildman–Crippen MR) is 87.9 cm³/mol. The van der Waals surface area contributed by atoms with Gasteiger partial charge in [0, 0.05) is 12.5 Å². The van der Waals surface area contributed by atoms with Gasteiger partial charge in [-0.1, -0.05) is 13.8 Å². The summed E-state index contributed by atoms with van der Waals surface area (Å²) in [6.07, 6.45) is 4.00. The summed E-state index contributed by atoms with van der Waals surface area (Å²) in [7, 11) is 0. The number of aromatic nitrogens is 4. The molecule has 2 saturated heterocycles. The number of ether oxygens (including phenoxy) is 1. The fourth-order valence-electron chi connectivity index (χ4n) is 3.88. The third-order valence-electron chi connectivity index (χ3n) is 5.18. The first-order chi connectivity index (χ1) is 11.6. The zero-order valence-electron chi connectivity index (χ0n) is 14.6. The van der Waals surface area contributed by atoms with E-state index in [4.69, 9.17) is 10.5 Å². The van der Waals surface area contributed by atoms with Crippen LogP contribution in [0.2, 0.25) is 0 Å². The molecule has 1 aromatic heterocycles. The summed E-state index contributed by atoms with van der Waals surface area (Å²) in [6.45, 7) is 7.62. The highest BCUT2D eigenvalue weighted by Gasteiger charge is 2.33. The Balaban J connectivity index is 1.72. The molecule has 2 atom stereocenters. The summed E-state index contributed by atoms with van der Waals surface area (Å²) in [6, 6.07) is 0.148. The van der Waals surface area contributed by atoms with Gasteiger partial charge in [0.15, 0.2) is 5.82 Å². The van der Waals surface area contributed by atoms with Crippen LogP contribution in [0.15, 0.2) is 0 Å². The second kappa shape index (κ2) is 7.57. The number of nitrogens with zero attached hydrogens (tertiary/aromatic N) is 5. The molecule has 2 aliphatic heterocycles. The number of tetrazole rings is 1. The number of hydrogen-bond acceptors (Lipinski definition) is 6. The Kier molecular flexibility index (Phi) is 5.45. The molecule has 0 saturated carbocycles. The monoisotopic (exact) mass is 336 g/mol. The molecule has 24 heavy (non-hydrogen) atoms. The Bertz CT molecular complexity index is 547. The molecule has 1 aromatic rings. The topological polar surface area (TPSA) is 99.2 Å². The van der Waals surface area contributed by atoms with Gasteiger partial charge >= 0.3 is 0 Å². The minimum Gasteiger partial charge on any atom is -0.376 e. The molecule has 8 heteroatoms. The highest BCUT2D eigenvalue weighted by Crippen LogP contribution is 2.31. The highest BCUT2D eigenvalue weighted by molar-refractivity contribution is 5.76. The van der Waals surface area contributed by atoms with Crippen molar-refractivity contribution in [2.24, 2.45) is 17.6 Å². The van der Waals surface area contributed by atoms with Gasteiger partial charge in [-0.25, -0.2) is 4.68 Å². The third-order valence-corrected chi connectivity index (χ3v) is 5.18. The van der Waals surface area contributed by atoms with Crippen molar-refractivity contribution in [1.82, 2.24) is 25.1 Å². The Morgan fingerprint density at radius 1 is 1.33 bits per heavy atom. The Hall–Kier alpha value is -1.54. The van der Waals surface area contributed by atoms with Gasteiger partial charge in [-0.05, 0) is 55.1 Å². The highest BCUT2D eigenvalue weighted by atomic mass is 16.5. The maximum absolute atomic E-state index is 11.4. The van der Waals surface area contributed by atoms with E-state index >= 15 is 0 Å². The van der Waals surface area contributed by atoms with Gasteiger partial charge in [-0.2, -0.15) is 0 Å². The number of likely N-dealkylation sites (tertiary alicyclic amines) is 1. The van der Waals surface area contributed by atoms with E-state index in [2.05, 4.69) is 34.3 Å². The quantitative estimate of drug-likeness (QED) is 0.823. The minimum absolute atomic E-state index is 0.00283. The molecule has 3 rings (SSSR count). The number of piperidine rings is 1. The third kappa shape index (κ3) is 3.75. The second-order valence-electron chi connectivity index (χ2n) is 7.26. The van der Waals surface area contributed by atoms with Crippen LogP contribution in [0, 0.1) is 11.8 Å². The van der Waals surface area contributed by atoms with Crippen molar-refractivity contribution in [3.05, 3.63) is 5.82 Å². The first-order valence-corrected chi connectivity index (χ1v) is 8.97. The molecule has 2 fully saturated rings. The average Bonchev–Trinajstić information content (AvgIpc) is 3.21. The Labute approximate surface area is 142 Å². The van der Waals surface area contributed by atoms with Crippen molar-refractivity contribution in [2.45, 2.75) is 58.2 Å². The van der Waals surface area contributed by atoms with Crippen LogP contribution in [0.25, 0.3) is 0 Å². The number of carbonyl (C=O) groups is 1. The lowest BCUT2D eigenvalue weighted by Gasteiger charge is -2.38. The maximum Gasteiger partial charge on any atom is 0.220 e. The molecular weight excluding hydrogens is 308 g/mol. The molecule has 2 unspecified atom stereocenters. The summed E-state index contributed by atoms with van der Waals surface area (Å²) in [5, 5.41) is 12.4. The molecule has 0 aliphatic carbocycles. The molecule has 2 N–H and O–H groups in total. The fourth-order valence-corrected chi connectivity index (χ4v) is 3.88. The van der Waals surface area contributed by atoms with Crippen molar-refractivity contribution in [2.75, 3.05) is 19.7 Å². The van der Waals surface area contributed by atoms with Crippen LogP contribution in [-0.4, -0.2) is 56.8 Å². The van der Waals surface area contributed by atoms with E-state index in [0.29, 0.717) is 12.5 Å². The fraction of sp³-hybridized carbons (Fsp3) is 0.875. The number of nitrogens with two attached hydrogens (primary N) is 1. The first-order valence-electron chi connectivity index (χ1n) is 8.97. The zero-order valence-corrected chi connectivity index (χ0v) is 14.6.